The summed E-state index contributed by atoms with van der Waals surface area (Å²) in [6, 6.07) is 16.1. The molecule has 0 fully saturated rings. The van der Waals surface area contributed by atoms with Gasteiger partial charge in [-0.2, -0.15) is 0 Å². The second-order valence-electron chi connectivity index (χ2n) is 8.66. The first-order valence-electron chi connectivity index (χ1n) is 11.1. The van der Waals surface area contributed by atoms with Crippen molar-refractivity contribution in [1.82, 2.24) is 10.3 Å². The van der Waals surface area contributed by atoms with Crippen molar-refractivity contribution in [1.29, 1.82) is 0 Å². The van der Waals surface area contributed by atoms with Crippen LogP contribution in [0.4, 0.5) is 4.79 Å². The molecule has 3 aromatic rings. The van der Waals surface area contributed by atoms with Crippen LogP contribution in [0.1, 0.15) is 37.8 Å². The molecule has 1 amide bonds. The molecular formula is C26H30N2O5. The van der Waals surface area contributed by atoms with E-state index in [2.05, 4.69) is 10.3 Å². The second kappa shape index (κ2) is 11.3. The first kappa shape index (κ1) is 24.0. The number of hydrogen-bond acceptors (Lipinski definition) is 4. The monoisotopic (exact) mass is 450 g/mol. The van der Waals surface area contributed by atoms with Crippen LogP contribution < -0.4 is 5.32 Å². The zero-order valence-electron chi connectivity index (χ0n) is 18.9. The van der Waals surface area contributed by atoms with Gasteiger partial charge in [0.05, 0.1) is 12.0 Å². The van der Waals surface area contributed by atoms with Crippen LogP contribution in [0.3, 0.4) is 0 Å². The number of hydrogen-bond donors (Lipinski definition) is 3. The molecule has 1 heterocycles. The van der Waals surface area contributed by atoms with E-state index in [0.29, 0.717) is 6.42 Å². The molecule has 0 saturated heterocycles. The molecule has 174 valence electrons. The van der Waals surface area contributed by atoms with Crippen LogP contribution in [0.2, 0.25) is 0 Å². The highest BCUT2D eigenvalue weighted by molar-refractivity contribution is 5.91. The van der Waals surface area contributed by atoms with E-state index in [9.17, 15) is 19.5 Å². The van der Waals surface area contributed by atoms with E-state index >= 15 is 0 Å². The number of fused-ring (bicyclic) bond motifs is 1. The molecule has 3 N–H and O–H groups in total. The van der Waals surface area contributed by atoms with Gasteiger partial charge in [0.15, 0.2) is 5.78 Å². The normalized spacial score (nSPS) is 12.9. The van der Waals surface area contributed by atoms with Gasteiger partial charge in [-0.15, -0.1) is 0 Å². The van der Waals surface area contributed by atoms with Crippen molar-refractivity contribution < 1.29 is 24.2 Å². The van der Waals surface area contributed by atoms with E-state index in [-0.39, 0.29) is 31.1 Å². The molecule has 33 heavy (non-hydrogen) atoms. The van der Waals surface area contributed by atoms with Crippen LogP contribution in [0.5, 0.6) is 0 Å². The van der Waals surface area contributed by atoms with Gasteiger partial charge in [0, 0.05) is 23.5 Å². The number of carboxylic acid groups (broad SMARTS) is 1. The van der Waals surface area contributed by atoms with Gasteiger partial charge < -0.3 is 20.1 Å². The topological polar surface area (TPSA) is 108 Å². The van der Waals surface area contributed by atoms with Crippen molar-refractivity contribution in [2.24, 2.45) is 11.8 Å². The molecule has 0 bridgehead atoms. The number of alkyl carbamates (subject to hydrolysis) is 1. The number of amides is 1. The van der Waals surface area contributed by atoms with Crippen LogP contribution in [0.25, 0.3) is 10.9 Å². The SMILES string of the molecule is CC(C)CC(NC(=O)OCc1ccccc1)C(=O)C[C@@H](Cc1c[nH]c2ccccc12)C(=O)O. The lowest BCUT2D eigenvalue weighted by Crippen LogP contribution is -2.43. The molecule has 0 aliphatic rings. The predicted molar refractivity (Wildman–Crippen MR) is 126 cm³/mol. The smallest absolute Gasteiger partial charge is 0.408 e. The number of aromatic nitrogens is 1. The van der Waals surface area contributed by atoms with E-state index in [0.717, 1.165) is 22.0 Å². The van der Waals surface area contributed by atoms with Gasteiger partial charge in [0.1, 0.15) is 6.61 Å². The predicted octanol–water partition coefficient (Wildman–Crippen LogP) is 4.71. The molecule has 2 atom stereocenters. The lowest BCUT2D eigenvalue weighted by Gasteiger charge is -2.21. The Bertz CT molecular complexity index is 1090. The maximum Gasteiger partial charge on any atom is 0.408 e. The fraction of sp³-hybridized carbons (Fsp3) is 0.346. The van der Waals surface area contributed by atoms with Crippen molar-refractivity contribution in [3.8, 4) is 0 Å². The summed E-state index contributed by atoms with van der Waals surface area (Å²) in [5.74, 6) is -2.12. The average molecular weight is 451 g/mol. The lowest BCUT2D eigenvalue weighted by atomic mass is 9.89. The quantitative estimate of drug-likeness (QED) is 0.392. The average Bonchev–Trinajstić information content (AvgIpc) is 3.20. The minimum atomic E-state index is -1.04. The number of carbonyl (C=O) groups is 3. The molecule has 7 nitrogen and oxygen atoms in total. The van der Waals surface area contributed by atoms with Crippen molar-refractivity contribution >= 4 is 28.7 Å². The third kappa shape index (κ3) is 6.94. The minimum absolute atomic E-state index is 0.0909. The molecule has 2 aromatic carbocycles. The molecule has 0 aliphatic carbocycles. The highest BCUT2D eigenvalue weighted by Gasteiger charge is 2.29. The van der Waals surface area contributed by atoms with Crippen LogP contribution in [-0.4, -0.2) is 34.0 Å². The number of rotatable bonds is 11. The van der Waals surface area contributed by atoms with Crippen LogP contribution >= 0.6 is 0 Å². The number of ether oxygens (including phenoxy) is 1. The largest absolute Gasteiger partial charge is 0.481 e. The summed E-state index contributed by atoms with van der Waals surface area (Å²) in [6.45, 7) is 3.98. The van der Waals surface area contributed by atoms with E-state index in [1.165, 1.54) is 0 Å². The van der Waals surface area contributed by atoms with E-state index in [1.54, 1.807) is 6.20 Å². The van der Waals surface area contributed by atoms with Gasteiger partial charge in [-0.05, 0) is 36.0 Å². The summed E-state index contributed by atoms with van der Waals surface area (Å²) in [7, 11) is 0. The zero-order chi connectivity index (χ0) is 23.8. The van der Waals surface area contributed by atoms with E-state index < -0.39 is 24.0 Å². The molecule has 3 rings (SSSR count). The van der Waals surface area contributed by atoms with Crippen molar-refractivity contribution in [2.45, 2.75) is 45.8 Å². The standard InChI is InChI=1S/C26H30N2O5/c1-17(2)12-23(28-26(32)33-16-18-8-4-3-5-9-18)24(29)14-19(25(30)31)13-20-15-27-22-11-7-6-10-21(20)22/h3-11,15,17,19,23,27H,12-14,16H2,1-2H3,(H,28,32)(H,30,31)/t19-,23?/m1/s1. The molecule has 0 radical (unpaired) electrons. The lowest BCUT2D eigenvalue weighted by molar-refractivity contribution is -0.144. The Hall–Kier alpha value is -3.61. The Morgan fingerprint density at radius 2 is 1.73 bits per heavy atom. The number of benzene rings is 2. The Morgan fingerprint density at radius 3 is 2.42 bits per heavy atom. The highest BCUT2D eigenvalue weighted by atomic mass is 16.5. The summed E-state index contributed by atoms with van der Waals surface area (Å²) in [6.07, 6.45) is 1.54. The molecule has 0 saturated carbocycles. The molecule has 0 aliphatic heterocycles. The number of H-pyrrole nitrogens is 1. The first-order chi connectivity index (χ1) is 15.8. The van der Waals surface area contributed by atoms with Gasteiger partial charge in [0.25, 0.3) is 0 Å². The molecule has 1 unspecified atom stereocenters. The van der Waals surface area contributed by atoms with Gasteiger partial charge in [-0.25, -0.2) is 4.79 Å². The van der Waals surface area contributed by atoms with Gasteiger partial charge in [-0.1, -0.05) is 62.4 Å². The summed E-state index contributed by atoms with van der Waals surface area (Å²) in [4.78, 5) is 40.5. The third-order valence-electron chi connectivity index (χ3n) is 5.54. The zero-order valence-corrected chi connectivity index (χ0v) is 18.9. The third-order valence-corrected chi connectivity index (χ3v) is 5.54. The van der Waals surface area contributed by atoms with Crippen molar-refractivity contribution in [3.05, 3.63) is 71.9 Å². The van der Waals surface area contributed by atoms with E-state index in [1.807, 2.05) is 68.4 Å². The van der Waals surface area contributed by atoms with Gasteiger partial charge >= 0.3 is 12.1 Å². The van der Waals surface area contributed by atoms with Crippen molar-refractivity contribution in [2.75, 3.05) is 0 Å². The molecule has 1 aromatic heterocycles. The molecule has 0 spiro atoms. The number of Topliss-reactive ketones (excluding diaryl/α,β-unsaturated/α-hetero) is 1. The first-order valence-corrected chi connectivity index (χ1v) is 11.1. The van der Waals surface area contributed by atoms with Crippen LogP contribution in [-0.2, 0) is 27.4 Å². The number of ketones is 1. The molecular weight excluding hydrogens is 420 g/mol. The Labute approximate surface area is 193 Å². The van der Waals surface area contributed by atoms with Crippen molar-refractivity contribution in [3.63, 3.8) is 0 Å². The summed E-state index contributed by atoms with van der Waals surface area (Å²) in [5, 5.41) is 13.4. The number of carboxylic acids is 1. The number of para-hydroxylation sites is 1. The number of carbonyl (C=O) groups excluding carboxylic acids is 2. The number of aromatic amines is 1. The summed E-state index contributed by atoms with van der Waals surface area (Å²) in [5.41, 5.74) is 2.61. The Balaban J connectivity index is 1.65. The van der Waals surface area contributed by atoms with Crippen LogP contribution in [0.15, 0.2) is 60.8 Å². The maximum atomic E-state index is 13.1. The van der Waals surface area contributed by atoms with Gasteiger partial charge in [0.2, 0.25) is 0 Å². The van der Waals surface area contributed by atoms with Crippen LogP contribution in [0, 0.1) is 11.8 Å². The van der Waals surface area contributed by atoms with Gasteiger partial charge in [-0.3, -0.25) is 9.59 Å². The number of aliphatic carboxylic acids is 1. The second-order valence-corrected chi connectivity index (χ2v) is 8.66. The highest BCUT2D eigenvalue weighted by Crippen LogP contribution is 2.23. The minimum Gasteiger partial charge on any atom is -0.481 e. The van der Waals surface area contributed by atoms with E-state index in [4.69, 9.17) is 4.74 Å². The fourth-order valence-electron chi connectivity index (χ4n) is 3.85. The Kier molecular flexibility index (Phi) is 8.24. The summed E-state index contributed by atoms with van der Waals surface area (Å²) >= 11 is 0. The molecule has 7 heteroatoms. The fourth-order valence-corrected chi connectivity index (χ4v) is 3.85. The number of nitrogens with one attached hydrogen (secondary N) is 2. The Morgan fingerprint density at radius 1 is 1.03 bits per heavy atom. The maximum absolute atomic E-state index is 13.1. The summed E-state index contributed by atoms with van der Waals surface area (Å²) < 4.78 is 5.25.